The van der Waals surface area contributed by atoms with Crippen molar-refractivity contribution in [2.45, 2.75) is 52.1 Å². The van der Waals surface area contributed by atoms with Gasteiger partial charge in [-0.1, -0.05) is 29.8 Å². The van der Waals surface area contributed by atoms with Crippen LogP contribution in [0, 0.1) is 20.8 Å². The molecule has 2 rings (SSSR count). The normalized spacial score (nSPS) is 11.5. The topological polar surface area (TPSA) is 84.5 Å². The van der Waals surface area contributed by atoms with E-state index in [4.69, 9.17) is 4.74 Å². The van der Waals surface area contributed by atoms with Crippen LogP contribution < -0.4 is 14.8 Å². The van der Waals surface area contributed by atoms with Gasteiger partial charge in [0.25, 0.3) is 5.91 Å². The fourth-order valence-corrected chi connectivity index (χ4v) is 4.31. The minimum absolute atomic E-state index is 0.0996. The Morgan fingerprint density at radius 1 is 1.07 bits per heavy atom. The van der Waals surface area contributed by atoms with Gasteiger partial charge in [0.2, 0.25) is 10.0 Å². The first-order chi connectivity index (χ1) is 13.1. The summed E-state index contributed by atoms with van der Waals surface area (Å²) in [5, 5.41) is 2.76. The van der Waals surface area contributed by atoms with Crippen molar-refractivity contribution >= 4 is 15.9 Å². The molecule has 0 aliphatic carbocycles. The number of nitrogens with one attached hydrogen (secondary N) is 2. The molecule has 152 valence electrons. The third-order valence-electron chi connectivity index (χ3n) is 4.04. The lowest BCUT2D eigenvalue weighted by atomic mass is 10.1. The lowest BCUT2D eigenvalue weighted by Gasteiger charge is -2.13. The maximum atomic E-state index is 12.3. The van der Waals surface area contributed by atoms with Gasteiger partial charge in [-0.15, -0.1) is 0 Å². The predicted molar refractivity (Wildman–Crippen MR) is 110 cm³/mol. The van der Waals surface area contributed by atoms with Crippen LogP contribution in [0.25, 0.3) is 0 Å². The van der Waals surface area contributed by atoms with Crippen molar-refractivity contribution in [2.24, 2.45) is 0 Å². The first-order valence-corrected chi connectivity index (χ1v) is 10.7. The fraction of sp³-hybridized carbons (Fsp3) is 0.381. The van der Waals surface area contributed by atoms with Crippen LogP contribution in [0.5, 0.6) is 5.75 Å². The molecule has 6 nitrogen and oxygen atoms in total. The molecular weight excluding hydrogens is 376 g/mol. The highest BCUT2D eigenvalue weighted by Crippen LogP contribution is 2.24. The predicted octanol–water partition coefficient (Wildman–Crippen LogP) is 2.99. The summed E-state index contributed by atoms with van der Waals surface area (Å²) in [6, 6.07) is 10.3. The van der Waals surface area contributed by atoms with Gasteiger partial charge in [-0.2, -0.15) is 0 Å². The van der Waals surface area contributed by atoms with Crippen LogP contribution >= 0.6 is 0 Å². The molecule has 0 unspecified atom stereocenters. The molecule has 0 radical (unpaired) electrons. The quantitative estimate of drug-likeness (QED) is 0.708. The van der Waals surface area contributed by atoms with Crippen LogP contribution in [0.2, 0.25) is 0 Å². The molecule has 7 heteroatoms. The van der Waals surface area contributed by atoms with E-state index in [1.54, 1.807) is 32.0 Å². The van der Waals surface area contributed by atoms with E-state index < -0.39 is 10.0 Å². The van der Waals surface area contributed by atoms with Gasteiger partial charge in [0.15, 0.2) is 6.61 Å². The van der Waals surface area contributed by atoms with Crippen molar-refractivity contribution in [3.8, 4) is 5.75 Å². The van der Waals surface area contributed by atoms with Gasteiger partial charge < -0.3 is 10.1 Å². The first kappa shape index (κ1) is 21.9. The highest BCUT2D eigenvalue weighted by atomic mass is 32.2. The number of sulfonamides is 1. The number of carbonyl (C=O) groups is 1. The van der Waals surface area contributed by atoms with Crippen LogP contribution in [0.1, 0.15) is 36.1 Å². The van der Waals surface area contributed by atoms with E-state index in [0.29, 0.717) is 11.3 Å². The number of ether oxygens (including phenoxy) is 1. The Hall–Kier alpha value is -2.38. The minimum atomic E-state index is -3.57. The Morgan fingerprint density at radius 3 is 2.32 bits per heavy atom. The summed E-state index contributed by atoms with van der Waals surface area (Å²) in [6.07, 6.45) is 0. The summed E-state index contributed by atoms with van der Waals surface area (Å²) in [5.74, 6) is 0.446. The van der Waals surface area contributed by atoms with Gasteiger partial charge in [0.1, 0.15) is 5.75 Å². The van der Waals surface area contributed by atoms with E-state index in [0.717, 1.165) is 16.7 Å². The Balaban J connectivity index is 1.96. The molecule has 0 atom stereocenters. The summed E-state index contributed by atoms with van der Waals surface area (Å²) >= 11 is 0. The second-order valence-corrected chi connectivity index (χ2v) is 8.93. The van der Waals surface area contributed by atoms with E-state index in [2.05, 4.69) is 10.0 Å². The van der Waals surface area contributed by atoms with Gasteiger partial charge in [0.05, 0.1) is 4.90 Å². The molecule has 0 aliphatic rings. The van der Waals surface area contributed by atoms with E-state index in [9.17, 15) is 13.2 Å². The smallest absolute Gasteiger partial charge is 0.258 e. The number of aryl methyl sites for hydroxylation is 3. The SMILES string of the molecule is Cc1cc(C)c(OCC(=O)NCc2cccc(S(=O)(=O)NC(C)C)c2)c(C)c1. The van der Waals surface area contributed by atoms with E-state index in [1.165, 1.54) is 6.07 Å². The minimum Gasteiger partial charge on any atom is -0.483 e. The molecule has 0 heterocycles. The molecule has 2 N–H and O–H groups in total. The van der Waals surface area contributed by atoms with Crippen molar-refractivity contribution < 1.29 is 17.9 Å². The summed E-state index contributed by atoms with van der Waals surface area (Å²) in [4.78, 5) is 12.3. The molecule has 0 saturated carbocycles. The van der Waals surface area contributed by atoms with Gasteiger partial charge in [0, 0.05) is 12.6 Å². The number of amides is 1. The van der Waals surface area contributed by atoms with Gasteiger partial charge in [-0.25, -0.2) is 13.1 Å². The van der Waals surface area contributed by atoms with Gasteiger partial charge in [-0.3, -0.25) is 4.79 Å². The van der Waals surface area contributed by atoms with Crippen molar-refractivity contribution in [3.63, 3.8) is 0 Å². The summed E-state index contributed by atoms with van der Waals surface area (Å²) in [5.41, 5.74) is 3.82. The highest BCUT2D eigenvalue weighted by Gasteiger charge is 2.15. The van der Waals surface area contributed by atoms with E-state index >= 15 is 0 Å². The second kappa shape index (κ2) is 9.21. The Kier molecular flexibility index (Phi) is 7.21. The molecule has 28 heavy (non-hydrogen) atoms. The summed E-state index contributed by atoms with van der Waals surface area (Å²) in [6.45, 7) is 9.56. The van der Waals surface area contributed by atoms with Crippen molar-refractivity contribution in [2.75, 3.05) is 6.61 Å². The summed E-state index contributed by atoms with van der Waals surface area (Å²) < 4.78 is 32.7. The van der Waals surface area contributed by atoms with Gasteiger partial charge in [-0.05, 0) is 63.4 Å². The molecule has 2 aromatic rings. The largest absolute Gasteiger partial charge is 0.483 e. The van der Waals surface area contributed by atoms with Crippen LogP contribution in [0.4, 0.5) is 0 Å². The highest BCUT2D eigenvalue weighted by molar-refractivity contribution is 7.89. The molecule has 0 aromatic heterocycles. The van der Waals surface area contributed by atoms with E-state index in [-0.39, 0.29) is 30.0 Å². The van der Waals surface area contributed by atoms with Crippen LogP contribution in [0.3, 0.4) is 0 Å². The zero-order valence-corrected chi connectivity index (χ0v) is 17.8. The Labute approximate surface area is 167 Å². The molecular formula is C21H28N2O4S. The fourth-order valence-electron chi connectivity index (χ4n) is 2.98. The maximum Gasteiger partial charge on any atom is 0.258 e. The molecule has 0 spiro atoms. The van der Waals surface area contributed by atoms with Crippen molar-refractivity contribution in [1.82, 2.24) is 10.0 Å². The van der Waals surface area contributed by atoms with Crippen LogP contribution in [0.15, 0.2) is 41.3 Å². The first-order valence-electron chi connectivity index (χ1n) is 9.17. The lowest BCUT2D eigenvalue weighted by molar-refractivity contribution is -0.123. The maximum absolute atomic E-state index is 12.3. The number of carbonyl (C=O) groups excluding carboxylic acids is 1. The lowest BCUT2D eigenvalue weighted by Crippen LogP contribution is -2.30. The monoisotopic (exact) mass is 404 g/mol. The molecule has 2 aromatic carbocycles. The number of benzene rings is 2. The molecule has 0 bridgehead atoms. The number of rotatable bonds is 8. The Bertz CT molecular complexity index is 930. The standard InChI is InChI=1S/C21H28N2O4S/c1-14(2)23-28(25,26)19-8-6-7-18(11-19)12-22-20(24)13-27-21-16(4)9-15(3)10-17(21)5/h6-11,14,23H,12-13H2,1-5H3,(H,22,24). The zero-order chi connectivity index (χ0) is 20.9. The Morgan fingerprint density at radius 2 is 1.71 bits per heavy atom. The van der Waals surface area contributed by atoms with Crippen LogP contribution in [-0.4, -0.2) is 27.0 Å². The third kappa shape index (κ3) is 6.07. The van der Waals surface area contributed by atoms with E-state index in [1.807, 2.05) is 32.9 Å². The molecule has 0 aliphatic heterocycles. The zero-order valence-electron chi connectivity index (χ0n) is 17.0. The second-order valence-electron chi connectivity index (χ2n) is 7.22. The average Bonchev–Trinajstić information content (AvgIpc) is 2.58. The van der Waals surface area contributed by atoms with Gasteiger partial charge >= 0.3 is 0 Å². The summed E-state index contributed by atoms with van der Waals surface area (Å²) in [7, 11) is -3.57. The van der Waals surface area contributed by atoms with Crippen molar-refractivity contribution in [1.29, 1.82) is 0 Å². The third-order valence-corrected chi connectivity index (χ3v) is 5.70. The number of hydrogen-bond acceptors (Lipinski definition) is 4. The van der Waals surface area contributed by atoms with Crippen LogP contribution in [-0.2, 0) is 21.4 Å². The number of hydrogen-bond donors (Lipinski definition) is 2. The average molecular weight is 405 g/mol. The van der Waals surface area contributed by atoms with Crippen molar-refractivity contribution in [3.05, 3.63) is 58.7 Å². The molecule has 1 amide bonds. The molecule has 0 fully saturated rings. The molecule has 0 saturated heterocycles.